The number of nitrogens with zero attached hydrogens (tertiary/aromatic N) is 2. The van der Waals surface area contributed by atoms with E-state index in [1.54, 1.807) is 0 Å². The monoisotopic (exact) mass is 240 g/mol. The second-order valence-corrected chi connectivity index (χ2v) is 4.95. The number of aliphatic hydroxyl groups is 1. The quantitative estimate of drug-likeness (QED) is 0.865. The molecule has 0 aliphatic heterocycles. The van der Waals surface area contributed by atoms with Gasteiger partial charge < -0.3 is 9.52 Å². The molecule has 0 aromatic carbocycles. The van der Waals surface area contributed by atoms with Gasteiger partial charge in [-0.2, -0.15) is 4.68 Å². The van der Waals surface area contributed by atoms with Gasteiger partial charge in [-0.05, 0) is 19.3 Å². The fourth-order valence-electron chi connectivity index (χ4n) is 2.41. The van der Waals surface area contributed by atoms with Crippen LogP contribution >= 0.6 is 0 Å². The van der Waals surface area contributed by atoms with E-state index in [1.165, 1.54) is 4.68 Å². The minimum Gasteiger partial charge on any atom is -0.392 e. The highest BCUT2D eigenvalue weighted by atomic mass is 16.4. The van der Waals surface area contributed by atoms with Crippen molar-refractivity contribution in [1.82, 2.24) is 9.78 Å². The van der Waals surface area contributed by atoms with Gasteiger partial charge >= 0.3 is 5.76 Å². The number of aromatic nitrogens is 2. The summed E-state index contributed by atoms with van der Waals surface area (Å²) in [5.41, 5.74) is -0.775. The van der Waals surface area contributed by atoms with E-state index in [2.05, 4.69) is 5.10 Å². The van der Waals surface area contributed by atoms with Gasteiger partial charge in [0.1, 0.15) is 0 Å². The zero-order chi connectivity index (χ0) is 12.3. The molecule has 17 heavy (non-hydrogen) atoms. The maximum atomic E-state index is 11.6. The maximum Gasteiger partial charge on any atom is 0.437 e. The summed E-state index contributed by atoms with van der Waals surface area (Å²) in [5, 5.41) is 14.5. The van der Waals surface area contributed by atoms with Crippen LogP contribution in [-0.2, 0) is 13.0 Å². The molecule has 0 unspecified atom stereocenters. The Kier molecular flexibility index (Phi) is 3.66. The number of hydrogen-bond donors (Lipinski definition) is 1. The SMILES string of the molecule is CCCc1nn(CC2(O)CCCCC2)c(=O)o1. The van der Waals surface area contributed by atoms with Crippen LogP contribution in [0, 0.1) is 0 Å². The first-order valence-electron chi connectivity index (χ1n) is 6.42. The fraction of sp³-hybridized carbons (Fsp3) is 0.833. The van der Waals surface area contributed by atoms with E-state index in [9.17, 15) is 9.90 Å². The largest absolute Gasteiger partial charge is 0.437 e. The smallest absolute Gasteiger partial charge is 0.392 e. The van der Waals surface area contributed by atoms with E-state index < -0.39 is 11.4 Å². The molecule has 96 valence electrons. The minimum absolute atomic E-state index is 0.263. The molecule has 1 aliphatic carbocycles. The van der Waals surface area contributed by atoms with Gasteiger partial charge in [0, 0.05) is 6.42 Å². The Bertz CT molecular complexity index is 416. The summed E-state index contributed by atoms with van der Waals surface area (Å²) in [5.74, 6) is 0.0179. The Morgan fingerprint density at radius 2 is 2.12 bits per heavy atom. The summed E-state index contributed by atoms with van der Waals surface area (Å²) in [6, 6.07) is 0. The lowest BCUT2D eigenvalue weighted by atomic mass is 9.85. The molecule has 1 saturated carbocycles. The normalized spacial score (nSPS) is 19.4. The Hall–Kier alpha value is -1.10. The second kappa shape index (κ2) is 5.04. The molecule has 0 radical (unpaired) electrons. The molecule has 5 heteroatoms. The van der Waals surface area contributed by atoms with E-state index in [1.807, 2.05) is 6.92 Å². The van der Waals surface area contributed by atoms with Crippen LogP contribution < -0.4 is 5.76 Å². The lowest BCUT2D eigenvalue weighted by Crippen LogP contribution is -2.39. The van der Waals surface area contributed by atoms with E-state index in [-0.39, 0.29) is 6.54 Å². The highest BCUT2D eigenvalue weighted by Gasteiger charge is 2.31. The van der Waals surface area contributed by atoms with Gasteiger partial charge in [0.05, 0.1) is 12.1 Å². The van der Waals surface area contributed by atoms with Gasteiger partial charge in [-0.15, -0.1) is 5.10 Å². The molecule has 1 aromatic heterocycles. The van der Waals surface area contributed by atoms with Crippen LogP contribution in [0.15, 0.2) is 9.21 Å². The molecule has 1 fully saturated rings. The van der Waals surface area contributed by atoms with Crippen LogP contribution in [-0.4, -0.2) is 20.5 Å². The number of aryl methyl sites for hydroxylation is 1. The van der Waals surface area contributed by atoms with Crippen LogP contribution in [0.3, 0.4) is 0 Å². The van der Waals surface area contributed by atoms with Crippen molar-refractivity contribution in [2.45, 2.75) is 64.0 Å². The Morgan fingerprint density at radius 3 is 2.76 bits per heavy atom. The average molecular weight is 240 g/mol. The van der Waals surface area contributed by atoms with Crippen LogP contribution in [0.4, 0.5) is 0 Å². The first-order chi connectivity index (χ1) is 8.13. The standard InChI is InChI=1S/C12H20N2O3/c1-2-6-10-13-14(11(15)17-10)9-12(16)7-4-3-5-8-12/h16H,2-9H2,1H3. The van der Waals surface area contributed by atoms with Crippen molar-refractivity contribution < 1.29 is 9.52 Å². The third-order valence-corrected chi connectivity index (χ3v) is 3.34. The van der Waals surface area contributed by atoms with Crippen molar-refractivity contribution >= 4 is 0 Å². The predicted molar refractivity (Wildman–Crippen MR) is 62.8 cm³/mol. The molecule has 0 atom stereocenters. The molecule has 0 spiro atoms. The topological polar surface area (TPSA) is 68.3 Å². The van der Waals surface area contributed by atoms with Crippen LogP contribution in [0.1, 0.15) is 51.3 Å². The molecular weight excluding hydrogens is 220 g/mol. The zero-order valence-electron chi connectivity index (χ0n) is 10.3. The molecule has 0 bridgehead atoms. The van der Waals surface area contributed by atoms with Crippen LogP contribution in [0.5, 0.6) is 0 Å². The summed E-state index contributed by atoms with van der Waals surface area (Å²) in [6.45, 7) is 2.27. The first kappa shape index (κ1) is 12.4. The lowest BCUT2D eigenvalue weighted by Gasteiger charge is -2.31. The molecule has 5 nitrogen and oxygen atoms in total. The minimum atomic E-state index is -0.775. The zero-order valence-corrected chi connectivity index (χ0v) is 10.3. The molecule has 1 aromatic rings. The molecule has 1 aliphatic rings. The highest BCUT2D eigenvalue weighted by molar-refractivity contribution is 4.84. The molecule has 0 amide bonds. The summed E-state index contributed by atoms with van der Waals surface area (Å²) < 4.78 is 6.30. The van der Waals surface area contributed by atoms with Crippen LogP contribution in [0.25, 0.3) is 0 Å². The third kappa shape index (κ3) is 2.97. The van der Waals surface area contributed by atoms with Gasteiger partial charge in [-0.25, -0.2) is 4.79 Å². The van der Waals surface area contributed by atoms with Gasteiger partial charge in [0.15, 0.2) is 0 Å². The van der Waals surface area contributed by atoms with Gasteiger partial charge in [-0.3, -0.25) is 0 Å². The van der Waals surface area contributed by atoms with Crippen molar-refractivity contribution in [1.29, 1.82) is 0 Å². The first-order valence-corrected chi connectivity index (χ1v) is 6.42. The van der Waals surface area contributed by atoms with Crippen molar-refractivity contribution in [2.75, 3.05) is 0 Å². The lowest BCUT2D eigenvalue weighted by molar-refractivity contribution is -0.0157. The Labute approximate surface area is 100 Å². The number of rotatable bonds is 4. The summed E-state index contributed by atoms with van der Waals surface area (Å²) in [6.07, 6.45) is 6.25. The van der Waals surface area contributed by atoms with Crippen molar-refractivity contribution in [2.24, 2.45) is 0 Å². The summed E-state index contributed by atoms with van der Waals surface area (Å²) >= 11 is 0. The van der Waals surface area contributed by atoms with Crippen molar-refractivity contribution in [3.63, 3.8) is 0 Å². The van der Waals surface area contributed by atoms with Crippen LogP contribution in [0.2, 0.25) is 0 Å². The van der Waals surface area contributed by atoms with Gasteiger partial charge in [0.2, 0.25) is 5.89 Å². The molecule has 0 saturated heterocycles. The molecule has 1 heterocycles. The van der Waals surface area contributed by atoms with E-state index in [4.69, 9.17) is 4.42 Å². The average Bonchev–Trinajstić information content (AvgIpc) is 2.60. The second-order valence-electron chi connectivity index (χ2n) is 4.95. The third-order valence-electron chi connectivity index (χ3n) is 3.34. The molecule has 2 rings (SSSR count). The summed E-state index contributed by atoms with van der Waals surface area (Å²) in [7, 11) is 0. The Morgan fingerprint density at radius 1 is 1.41 bits per heavy atom. The van der Waals surface area contributed by atoms with E-state index >= 15 is 0 Å². The van der Waals surface area contributed by atoms with Gasteiger partial charge in [0.25, 0.3) is 0 Å². The highest BCUT2D eigenvalue weighted by Crippen LogP contribution is 2.28. The van der Waals surface area contributed by atoms with Crippen molar-refractivity contribution in [3.05, 3.63) is 16.4 Å². The maximum absolute atomic E-state index is 11.6. The van der Waals surface area contributed by atoms with Gasteiger partial charge in [-0.1, -0.05) is 26.2 Å². The van der Waals surface area contributed by atoms with E-state index in [0.717, 1.165) is 38.5 Å². The summed E-state index contributed by atoms with van der Waals surface area (Å²) in [4.78, 5) is 11.6. The van der Waals surface area contributed by atoms with Crippen molar-refractivity contribution in [3.8, 4) is 0 Å². The molecular formula is C12H20N2O3. The Balaban J connectivity index is 2.09. The molecule has 1 N–H and O–H groups in total. The number of hydrogen-bond acceptors (Lipinski definition) is 4. The fourth-order valence-corrected chi connectivity index (χ4v) is 2.41. The van der Waals surface area contributed by atoms with E-state index in [0.29, 0.717) is 12.3 Å². The predicted octanol–water partition coefficient (Wildman–Crippen LogP) is 1.48.